The van der Waals surface area contributed by atoms with E-state index in [0.29, 0.717) is 11.4 Å². The Hall–Kier alpha value is -2.22. The molecule has 0 saturated heterocycles. The van der Waals surface area contributed by atoms with Gasteiger partial charge in [0.1, 0.15) is 0 Å². The molecule has 0 radical (unpaired) electrons. The number of methoxy groups -OCH3 is 1. The first-order chi connectivity index (χ1) is 9.19. The Balaban J connectivity index is 2.00. The van der Waals surface area contributed by atoms with Crippen molar-refractivity contribution in [3.63, 3.8) is 0 Å². The van der Waals surface area contributed by atoms with E-state index in [9.17, 15) is 4.79 Å². The zero-order valence-corrected chi connectivity index (χ0v) is 11.5. The van der Waals surface area contributed by atoms with Gasteiger partial charge in [0.2, 0.25) is 11.8 Å². The summed E-state index contributed by atoms with van der Waals surface area (Å²) in [6, 6.07) is 3.25. The molecule has 19 heavy (non-hydrogen) atoms. The highest BCUT2D eigenvalue weighted by molar-refractivity contribution is 9.10. The van der Waals surface area contributed by atoms with Crippen molar-refractivity contribution in [2.24, 2.45) is 0 Å². The largest absolute Gasteiger partial charge is 0.481 e. The number of pyridine rings is 1. The summed E-state index contributed by atoms with van der Waals surface area (Å²) >= 11 is 3.24. The number of anilines is 1. The molecule has 2 aromatic heterocycles. The van der Waals surface area contributed by atoms with E-state index in [-0.39, 0.29) is 11.9 Å². The SMILES string of the molecule is COc1ccnc(NNC(=O)c2cncc(Br)c2)n1. The molecule has 2 rings (SSSR count). The Morgan fingerprint density at radius 2 is 2.26 bits per heavy atom. The molecule has 2 heterocycles. The second-order valence-corrected chi connectivity index (χ2v) is 4.31. The van der Waals surface area contributed by atoms with Gasteiger partial charge in [-0.25, -0.2) is 4.98 Å². The third-order valence-corrected chi connectivity index (χ3v) is 2.53. The van der Waals surface area contributed by atoms with Crippen LogP contribution in [0.4, 0.5) is 5.95 Å². The monoisotopic (exact) mass is 323 g/mol. The molecule has 0 fully saturated rings. The van der Waals surface area contributed by atoms with Gasteiger partial charge in [-0.05, 0) is 22.0 Å². The Morgan fingerprint density at radius 1 is 1.42 bits per heavy atom. The second kappa shape index (κ2) is 6.10. The van der Waals surface area contributed by atoms with Crippen molar-refractivity contribution in [3.05, 3.63) is 40.8 Å². The minimum absolute atomic E-state index is 0.232. The van der Waals surface area contributed by atoms with Crippen molar-refractivity contribution in [3.8, 4) is 5.88 Å². The van der Waals surface area contributed by atoms with Crippen molar-refractivity contribution in [2.45, 2.75) is 0 Å². The highest BCUT2D eigenvalue weighted by Gasteiger charge is 2.07. The van der Waals surface area contributed by atoms with Gasteiger partial charge < -0.3 is 4.74 Å². The maximum atomic E-state index is 11.8. The summed E-state index contributed by atoms with van der Waals surface area (Å²) in [7, 11) is 1.50. The first-order valence-corrected chi connectivity index (χ1v) is 6.02. The van der Waals surface area contributed by atoms with Crippen LogP contribution in [-0.4, -0.2) is 28.0 Å². The predicted octanol–water partition coefficient (Wildman–Crippen LogP) is 1.40. The quantitative estimate of drug-likeness (QED) is 0.827. The number of hydrogen-bond acceptors (Lipinski definition) is 6. The van der Waals surface area contributed by atoms with Crippen molar-refractivity contribution < 1.29 is 9.53 Å². The molecule has 0 aromatic carbocycles. The number of aromatic nitrogens is 3. The Kier molecular flexibility index (Phi) is 4.24. The lowest BCUT2D eigenvalue weighted by molar-refractivity contribution is 0.0962. The van der Waals surface area contributed by atoms with Crippen molar-refractivity contribution in [2.75, 3.05) is 12.5 Å². The number of amides is 1. The highest BCUT2D eigenvalue weighted by Crippen LogP contribution is 2.10. The topological polar surface area (TPSA) is 89.0 Å². The van der Waals surface area contributed by atoms with Gasteiger partial charge in [-0.2, -0.15) is 4.98 Å². The van der Waals surface area contributed by atoms with Crippen LogP contribution in [0.2, 0.25) is 0 Å². The van der Waals surface area contributed by atoms with E-state index < -0.39 is 0 Å². The summed E-state index contributed by atoms with van der Waals surface area (Å²) in [6.07, 6.45) is 4.56. The first-order valence-electron chi connectivity index (χ1n) is 5.23. The summed E-state index contributed by atoms with van der Waals surface area (Å²) < 4.78 is 5.66. The summed E-state index contributed by atoms with van der Waals surface area (Å²) in [5.74, 6) is 0.284. The fourth-order valence-corrected chi connectivity index (χ4v) is 1.60. The third-order valence-electron chi connectivity index (χ3n) is 2.09. The minimum Gasteiger partial charge on any atom is -0.481 e. The van der Waals surface area contributed by atoms with Crippen LogP contribution in [0, 0.1) is 0 Å². The molecular formula is C11H10BrN5O2. The molecule has 0 aliphatic heterocycles. The molecule has 0 aliphatic carbocycles. The third kappa shape index (κ3) is 3.62. The Labute approximate surface area is 117 Å². The van der Waals surface area contributed by atoms with Gasteiger partial charge in [0.05, 0.1) is 12.7 Å². The van der Waals surface area contributed by atoms with Gasteiger partial charge in [0.15, 0.2) is 0 Å². The number of hydrogen-bond donors (Lipinski definition) is 2. The molecule has 0 atom stereocenters. The van der Waals surface area contributed by atoms with Crippen molar-refractivity contribution in [1.82, 2.24) is 20.4 Å². The fourth-order valence-electron chi connectivity index (χ4n) is 1.24. The van der Waals surface area contributed by atoms with Crippen LogP contribution in [0.25, 0.3) is 0 Å². The maximum absolute atomic E-state index is 11.8. The van der Waals surface area contributed by atoms with E-state index in [1.807, 2.05) is 0 Å². The van der Waals surface area contributed by atoms with Crippen LogP contribution in [0.3, 0.4) is 0 Å². The fraction of sp³-hybridized carbons (Fsp3) is 0.0909. The highest BCUT2D eigenvalue weighted by atomic mass is 79.9. The van der Waals surface area contributed by atoms with Crippen LogP contribution >= 0.6 is 15.9 Å². The molecule has 98 valence electrons. The van der Waals surface area contributed by atoms with Crippen molar-refractivity contribution >= 4 is 27.8 Å². The van der Waals surface area contributed by atoms with Gasteiger partial charge in [0, 0.05) is 29.1 Å². The van der Waals surface area contributed by atoms with Gasteiger partial charge in [0.25, 0.3) is 5.91 Å². The van der Waals surface area contributed by atoms with E-state index in [4.69, 9.17) is 4.74 Å². The number of carbonyl (C=O) groups is 1. The van der Waals surface area contributed by atoms with Crippen LogP contribution in [0.1, 0.15) is 10.4 Å². The van der Waals surface area contributed by atoms with Crippen LogP contribution in [0.5, 0.6) is 5.88 Å². The zero-order chi connectivity index (χ0) is 13.7. The average molecular weight is 324 g/mol. The zero-order valence-electron chi connectivity index (χ0n) is 9.92. The van der Waals surface area contributed by atoms with Crippen LogP contribution in [0.15, 0.2) is 35.2 Å². The number of rotatable bonds is 4. The molecule has 1 amide bonds. The lowest BCUT2D eigenvalue weighted by Gasteiger charge is -2.07. The summed E-state index contributed by atoms with van der Waals surface area (Å²) in [5, 5.41) is 0. The van der Waals surface area contributed by atoms with Gasteiger partial charge >= 0.3 is 0 Å². The molecule has 2 N–H and O–H groups in total. The molecule has 0 bridgehead atoms. The Bertz CT molecular complexity index is 593. The molecule has 0 unspecified atom stereocenters. The molecule has 0 spiro atoms. The van der Waals surface area contributed by atoms with Gasteiger partial charge in [-0.15, -0.1) is 0 Å². The lowest BCUT2D eigenvalue weighted by Crippen LogP contribution is -2.30. The predicted molar refractivity (Wildman–Crippen MR) is 71.6 cm³/mol. The lowest BCUT2D eigenvalue weighted by atomic mass is 10.3. The van der Waals surface area contributed by atoms with E-state index >= 15 is 0 Å². The van der Waals surface area contributed by atoms with E-state index in [1.54, 1.807) is 18.3 Å². The molecule has 8 heteroatoms. The number of nitrogens with one attached hydrogen (secondary N) is 2. The summed E-state index contributed by atoms with van der Waals surface area (Å²) in [4.78, 5) is 23.6. The van der Waals surface area contributed by atoms with Crippen LogP contribution < -0.4 is 15.6 Å². The maximum Gasteiger partial charge on any atom is 0.271 e. The minimum atomic E-state index is -0.347. The van der Waals surface area contributed by atoms with Crippen molar-refractivity contribution in [1.29, 1.82) is 0 Å². The average Bonchev–Trinajstić information content (AvgIpc) is 2.45. The smallest absolute Gasteiger partial charge is 0.271 e. The Morgan fingerprint density at radius 3 is 3.00 bits per heavy atom. The van der Waals surface area contributed by atoms with Gasteiger partial charge in [-0.3, -0.25) is 20.6 Å². The summed E-state index contributed by atoms with van der Waals surface area (Å²) in [5.41, 5.74) is 5.46. The number of hydrazine groups is 1. The van der Waals surface area contributed by atoms with Crippen LogP contribution in [-0.2, 0) is 0 Å². The molecule has 0 aliphatic rings. The standard InChI is InChI=1S/C11H10BrN5O2/c1-19-9-2-3-14-11(15-9)17-16-10(18)7-4-8(12)6-13-5-7/h2-6H,1H3,(H,16,18)(H,14,15,17). The number of halogens is 1. The first kappa shape index (κ1) is 13.2. The normalized spacial score (nSPS) is 9.79. The second-order valence-electron chi connectivity index (χ2n) is 3.39. The van der Waals surface area contributed by atoms with Gasteiger partial charge in [-0.1, -0.05) is 0 Å². The molecular weight excluding hydrogens is 314 g/mol. The summed E-state index contributed by atoms with van der Waals surface area (Å²) in [6.45, 7) is 0. The molecule has 0 saturated carbocycles. The number of carbonyl (C=O) groups excluding carboxylic acids is 1. The molecule has 7 nitrogen and oxygen atoms in total. The number of nitrogens with zero attached hydrogens (tertiary/aromatic N) is 3. The van der Waals surface area contributed by atoms with E-state index in [2.05, 4.69) is 41.7 Å². The van der Waals surface area contributed by atoms with E-state index in [1.165, 1.54) is 19.5 Å². The molecule has 2 aromatic rings. The number of ether oxygens (including phenoxy) is 1. The van der Waals surface area contributed by atoms with E-state index in [0.717, 1.165) is 4.47 Å².